The van der Waals surface area contributed by atoms with E-state index < -0.39 is 0 Å². The van der Waals surface area contributed by atoms with Crippen LogP contribution in [0.2, 0.25) is 0 Å². The number of hydrogen-bond donors (Lipinski definition) is 0. The molecule has 0 atom stereocenters. The highest BCUT2D eigenvalue weighted by Crippen LogP contribution is 2.06. The molecule has 1 aromatic heterocycles. The second-order valence-electron chi connectivity index (χ2n) is 3.03. The van der Waals surface area contributed by atoms with Crippen LogP contribution in [0, 0.1) is 0 Å². The second-order valence-corrected chi connectivity index (χ2v) is 3.37. The van der Waals surface area contributed by atoms with Gasteiger partial charge in [-0.2, -0.15) is 0 Å². The van der Waals surface area contributed by atoms with Gasteiger partial charge in [-0.3, -0.25) is 4.99 Å². The number of hydrogen-bond acceptors (Lipinski definition) is 5. The van der Waals surface area contributed by atoms with Crippen molar-refractivity contribution in [2.75, 3.05) is 6.54 Å². The molecule has 0 amide bonds. The van der Waals surface area contributed by atoms with Gasteiger partial charge in [-0.1, -0.05) is 12.1 Å². The standard InChI is InChI=1S/C11H10N2O2S/c16-11(14-9-5-1-3-7-12-9)15-10-6-2-4-8-13-10/h1-3,5-7H,4,8H2. The van der Waals surface area contributed by atoms with E-state index in [0.717, 1.165) is 13.0 Å². The molecule has 0 saturated carbocycles. The fraction of sp³-hybridized carbons (Fsp3) is 0.182. The first-order valence-electron chi connectivity index (χ1n) is 4.86. The van der Waals surface area contributed by atoms with Crippen LogP contribution in [-0.2, 0) is 4.74 Å². The van der Waals surface area contributed by atoms with Gasteiger partial charge in [0.25, 0.3) is 0 Å². The minimum Gasteiger partial charge on any atom is -0.399 e. The van der Waals surface area contributed by atoms with Crippen molar-refractivity contribution in [3.63, 3.8) is 0 Å². The van der Waals surface area contributed by atoms with Crippen molar-refractivity contribution in [2.45, 2.75) is 6.42 Å². The molecule has 0 bridgehead atoms. The van der Waals surface area contributed by atoms with Gasteiger partial charge in [-0.15, -0.1) is 0 Å². The Balaban J connectivity index is 1.89. The maximum Gasteiger partial charge on any atom is 0.366 e. The van der Waals surface area contributed by atoms with E-state index in [0.29, 0.717) is 11.8 Å². The molecule has 0 spiro atoms. The van der Waals surface area contributed by atoms with E-state index >= 15 is 0 Å². The highest BCUT2D eigenvalue weighted by molar-refractivity contribution is 7.79. The predicted molar refractivity (Wildman–Crippen MR) is 64.6 cm³/mol. The van der Waals surface area contributed by atoms with Gasteiger partial charge in [-0.25, -0.2) is 4.98 Å². The van der Waals surface area contributed by atoms with Gasteiger partial charge in [0.05, 0.1) is 0 Å². The Hall–Kier alpha value is -1.75. The fourth-order valence-electron chi connectivity index (χ4n) is 1.15. The van der Waals surface area contributed by atoms with Crippen LogP contribution in [0.3, 0.4) is 0 Å². The van der Waals surface area contributed by atoms with E-state index in [1.54, 1.807) is 24.4 Å². The maximum absolute atomic E-state index is 5.23. The third-order valence-electron chi connectivity index (χ3n) is 1.84. The smallest absolute Gasteiger partial charge is 0.366 e. The highest BCUT2D eigenvalue weighted by Gasteiger charge is 2.06. The predicted octanol–water partition coefficient (Wildman–Crippen LogP) is 2.12. The normalized spacial score (nSPS) is 14.1. The van der Waals surface area contributed by atoms with Gasteiger partial charge in [-0.05, 0) is 18.6 Å². The first-order valence-corrected chi connectivity index (χ1v) is 5.27. The summed E-state index contributed by atoms with van der Waals surface area (Å²) in [6.07, 6.45) is 6.31. The number of thiocarbonyl (C=S) groups is 1. The average molecular weight is 234 g/mol. The molecule has 2 heterocycles. The van der Waals surface area contributed by atoms with Crippen molar-refractivity contribution >= 4 is 23.4 Å². The summed E-state index contributed by atoms with van der Waals surface area (Å²) in [4.78, 5) is 8.09. The average Bonchev–Trinajstić information content (AvgIpc) is 2.31. The first kappa shape index (κ1) is 10.8. The Morgan fingerprint density at radius 2 is 2.25 bits per heavy atom. The number of aliphatic imine (C=N–C) groups is 1. The van der Waals surface area contributed by atoms with Crippen molar-refractivity contribution in [2.24, 2.45) is 4.99 Å². The van der Waals surface area contributed by atoms with Crippen LogP contribution in [0.15, 0.2) is 41.5 Å². The zero-order valence-corrected chi connectivity index (χ0v) is 9.31. The lowest BCUT2D eigenvalue weighted by molar-refractivity contribution is 0.388. The van der Waals surface area contributed by atoms with Gasteiger partial charge in [0.1, 0.15) is 0 Å². The van der Waals surface area contributed by atoms with Crippen LogP contribution in [0.25, 0.3) is 0 Å². The van der Waals surface area contributed by atoms with E-state index in [1.807, 2.05) is 12.1 Å². The Morgan fingerprint density at radius 3 is 2.94 bits per heavy atom. The quantitative estimate of drug-likeness (QED) is 0.698. The van der Waals surface area contributed by atoms with Crippen molar-refractivity contribution < 1.29 is 9.47 Å². The number of nitrogens with zero attached hydrogens (tertiary/aromatic N) is 2. The molecule has 0 saturated heterocycles. The number of ether oxygens (including phenoxy) is 2. The van der Waals surface area contributed by atoms with Crippen LogP contribution >= 0.6 is 12.2 Å². The Bertz CT molecular complexity index is 429. The molecule has 16 heavy (non-hydrogen) atoms. The van der Waals surface area contributed by atoms with E-state index in [-0.39, 0.29) is 5.24 Å². The summed E-state index contributed by atoms with van der Waals surface area (Å²) in [6, 6.07) is 5.31. The van der Waals surface area contributed by atoms with Crippen molar-refractivity contribution in [3.05, 3.63) is 36.5 Å². The van der Waals surface area contributed by atoms with E-state index in [4.69, 9.17) is 21.7 Å². The number of dihydropyridines is 1. The largest absolute Gasteiger partial charge is 0.399 e. The molecule has 0 N–H and O–H groups in total. The molecule has 2 rings (SSSR count). The third kappa shape index (κ3) is 3.13. The summed E-state index contributed by atoms with van der Waals surface area (Å²) < 4.78 is 10.4. The Labute approximate surface area is 98.6 Å². The lowest BCUT2D eigenvalue weighted by Crippen LogP contribution is -2.16. The molecule has 5 heteroatoms. The van der Waals surface area contributed by atoms with Crippen molar-refractivity contribution in [1.29, 1.82) is 0 Å². The third-order valence-corrected chi connectivity index (χ3v) is 2.00. The molecule has 82 valence electrons. The van der Waals surface area contributed by atoms with Crippen LogP contribution in [0.5, 0.6) is 5.88 Å². The van der Waals surface area contributed by atoms with Gasteiger partial charge in [0, 0.05) is 31.0 Å². The van der Waals surface area contributed by atoms with Crippen LogP contribution in [0.1, 0.15) is 6.42 Å². The van der Waals surface area contributed by atoms with Crippen LogP contribution < -0.4 is 4.74 Å². The van der Waals surface area contributed by atoms with Crippen molar-refractivity contribution in [3.8, 4) is 5.88 Å². The minimum absolute atomic E-state index is 0.00370. The maximum atomic E-state index is 5.23. The van der Waals surface area contributed by atoms with E-state index in [1.165, 1.54) is 0 Å². The Kier molecular flexibility index (Phi) is 3.61. The monoisotopic (exact) mass is 234 g/mol. The molecule has 1 aliphatic rings. The minimum atomic E-state index is 0.00370. The summed E-state index contributed by atoms with van der Waals surface area (Å²) in [5.41, 5.74) is 0. The summed E-state index contributed by atoms with van der Waals surface area (Å²) >= 11 is 4.92. The highest BCUT2D eigenvalue weighted by atomic mass is 32.1. The summed E-state index contributed by atoms with van der Waals surface area (Å²) in [5, 5.41) is 0.00370. The van der Waals surface area contributed by atoms with Crippen molar-refractivity contribution in [1.82, 2.24) is 4.98 Å². The lowest BCUT2D eigenvalue weighted by Gasteiger charge is -2.08. The number of aromatic nitrogens is 1. The Morgan fingerprint density at radius 1 is 1.31 bits per heavy atom. The molecular formula is C11H10N2O2S. The van der Waals surface area contributed by atoms with E-state index in [2.05, 4.69) is 9.98 Å². The summed E-state index contributed by atoms with van der Waals surface area (Å²) in [6.45, 7) is 0.720. The lowest BCUT2D eigenvalue weighted by atomic mass is 10.3. The fourth-order valence-corrected chi connectivity index (χ4v) is 1.32. The van der Waals surface area contributed by atoms with Gasteiger partial charge >= 0.3 is 5.24 Å². The topological polar surface area (TPSA) is 43.7 Å². The first-order chi connectivity index (χ1) is 7.84. The summed E-state index contributed by atoms with van der Waals surface area (Å²) in [5.74, 6) is 0.889. The molecular weight excluding hydrogens is 224 g/mol. The van der Waals surface area contributed by atoms with Gasteiger partial charge < -0.3 is 9.47 Å². The van der Waals surface area contributed by atoms with Gasteiger partial charge in [0.2, 0.25) is 11.8 Å². The second kappa shape index (κ2) is 5.37. The number of rotatable bonds is 1. The molecule has 0 fully saturated rings. The zero-order valence-electron chi connectivity index (χ0n) is 8.50. The molecule has 0 aliphatic carbocycles. The molecule has 1 aromatic rings. The van der Waals surface area contributed by atoms with Gasteiger partial charge in [0.15, 0.2) is 0 Å². The number of pyridine rings is 1. The molecule has 4 nitrogen and oxygen atoms in total. The SMILES string of the molecule is S=C(OC1=NCCC=C1)Oc1ccccn1. The van der Waals surface area contributed by atoms with Crippen LogP contribution in [0.4, 0.5) is 0 Å². The molecule has 0 aromatic carbocycles. The molecule has 1 aliphatic heterocycles. The van der Waals surface area contributed by atoms with Crippen LogP contribution in [-0.4, -0.2) is 22.7 Å². The van der Waals surface area contributed by atoms with E-state index in [9.17, 15) is 0 Å². The summed E-state index contributed by atoms with van der Waals surface area (Å²) in [7, 11) is 0. The molecule has 0 unspecified atom stereocenters. The molecule has 0 radical (unpaired) electrons. The zero-order chi connectivity index (χ0) is 11.2.